The molecule has 0 aliphatic carbocycles. The molecule has 1 saturated heterocycles. The lowest BCUT2D eigenvalue weighted by Crippen LogP contribution is -2.52. The minimum Gasteiger partial charge on any atom is -0.344 e. The monoisotopic (exact) mass is 290 g/mol. The van der Waals surface area contributed by atoms with E-state index in [1.54, 1.807) is 0 Å². The summed E-state index contributed by atoms with van der Waals surface area (Å²) in [6.45, 7) is 0. The van der Waals surface area contributed by atoms with Gasteiger partial charge < -0.3 is 10.3 Å². The Kier molecular flexibility index (Phi) is 3.13. The maximum Gasteiger partial charge on any atom is 0.254 e. The van der Waals surface area contributed by atoms with Crippen LogP contribution in [-0.2, 0) is 9.59 Å². The second-order valence-corrected chi connectivity index (χ2v) is 4.73. The summed E-state index contributed by atoms with van der Waals surface area (Å²) in [5, 5.41) is 4.63. The molecule has 1 aliphatic heterocycles. The normalized spacial score (nSPS) is 18.6. The van der Waals surface area contributed by atoms with Gasteiger partial charge in [-0.1, -0.05) is 0 Å². The molecule has 2 aromatic rings. The molecule has 3 rings (SSSR count). The van der Waals surface area contributed by atoms with E-state index in [1.807, 2.05) is 0 Å². The van der Waals surface area contributed by atoms with Crippen molar-refractivity contribution in [2.45, 2.75) is 18.9 Å². The summed E-state index contributed by atoms with van der Waals surface area (Å²) in [5.41, 5.74) is 0.751. The standard InChI is InChI=1S/C13H11FN4O3/c14-6-3-7(11-9(4-6)15-5-16-11)12(20)17-8-1-2-10(19)18-13(8)21/h3-5,8H,1-2H2,(H,15,16)(H,17,20)(H,18,19,21). The van der Waals surface area contributed by atoms with Crippen molar-refractivity contribution in [2.75, 3.05) is 0 Å². The van der Waals surface area contributed by atoms with Gasteiger partial charge in [-0.05, 0) is 18.6 Å². The van der Waals surface area contributed by atoms with E-state index in [0.717, 1.165) is 6.07 Å². The molecule has 2 heterocycles. The van der Waals surface area contributed by atoms with Crippen LogP contribution in [0.15, 0.2) is 18.5 Å². The van der Waals surface area contributed by atoms with Crippen LogP contribution >= 0.6 is 0 Å². The average molecular weight is 290 g/mol. The third-order valence-corrected chi connectivity index (χ3v) is 3.28. The molecule has 7 nitrogen and oxygen atoms in total. The lowest BCUT2D eigenvalue weighted by molar-refractivity contribution is -0.134. The Balaban J connectivity index is 1.86. The lowest BCUT2D eigenvalue weighted by atomic mass is 10.1. The fraction of sp³-hybridized carbons (Fsp3) is 0.231. The molecule has 0 radical (unpaired) electrons. The number of nitrogens with one attached hydrogen (secondary N) is 3. The van der Waals surface area contributed by atoms with Crippen molar-refractivity contribution < 1.29 is 18.8 Å². The van der Waals surface area contributed by atoms with Gasteiger partial charge in [0.15, 0.2) is 0 Å². The summed E-state index contributed by atoms with van der Waals surface area (Å²) in [7, 11) is 0. The zero-order valence-electron chi connectivity index (χ0n) is 10.8. The average Bonchev–Trinajstić information content (AvgIpc) is 2.88. The van der Waals surface area contributed by atoms with Crippen LogP contribution < -0.4 is 10.6 Å². The van der Waals surface area contributed by atoms with Gasteiger partial charge >= 0.3 is 0 Å². The van der Waals surface area contributed by atoms with Crippen LogP contribution in [0.1, 0.15) is 23.2 Å². The van der Waals surface area contributed by atoms with Gasteiger partial charge in [-0.2, -0.15) is 0 Å². The van der Waals surface area contributed by atoms with Crippen LogP contribution in [0.5, 0.6) is 0 Å². The molecule has 1 aromatic heterocycles. The quantitative estimate of drug-likeness (QED) is 0.689. The molecule has 1 fully saturated rings. The zero-order valence-corrected chi connectivity index (χ0v) is 10.8. The van der Waals surface area contributed by atoms with Crippen molar-refractivity contribution in [1.82, 2.24) is 20.6 Å². The number of carbonyl (C=O) groups is 3. The van der Waals surface area contributed by atoms with E-state index in [9.17, 15) is 18.8 Å². The highest BCUT2D eigenvalue weighted by molar-refractivity contribution is 6.08. The Labute approximate surface area is 117 Å². The van der Waals surface area contributed by atoms with Crippen molar-refractivity contribution in [3.8, 4) is 0 Å². The van der Waals surface area contributed by atoms with E-state index in [0.29, 0.717) is 11.0 Å². The number of rotatable bonds is 2. The molecule has 8 heteroatoms. The fourth-order valence-corrected chi connectivity index (χ4v) is 2.26. The third kappa shape index (κ3) is 2.47. The third-order valence-electron chi connectivity index (χ3n) is 3.28. The lowest BCUT2D eigenvalue weighted by Gasteiger charge is -2.21. The number of carbonyl (C=O) groups excluding carboxylic acids is 3. The van der Waals surface area contributed by atoms with Gasteiger partial charge in [-0.15, -0.1) is 0 Å². The number of hydrogen-bond donors (Lipinski definition) is 3. The molecule has 0 bridgehead atoms. The zero-order chi connectivity index (χ0) is 15.0. The minimum absolute atomic E-state index is 0.0379. The highest BCUT2D eigenvalue weighted by atomic mass is 19.1. The van der Waals surface area contributed by atoms with Crippen molar-refractivity contribution in [2.24, 2.45) is 0 Å². The number of nitrogens with zero attached hydrogens (tertiary/aromatic N) is 1. The van der Waals surface area contributed by atoms with Gasteiger partial charge in [0.05, 0.1) is 17.4 Å². The largest absolute Gasteiger partial charge is 0.344 e. The van der Waals surface area contributed by atoms with E-state index in [1.165, 1.54) is 12.4 Å². The minimum atomic E-state index is -0.813. The number of aromatic nitrogens is 2. The number of H-pyrrole nitrogens is 1. The number of imidazole rings is 1. The summed E-state index contributed by atoms with van der Waals surface area (Å²) in [6, 6.07) is 1.47. The number of fused-ring (bicyclic) bond motifs is 1. The Morgan fingerprint density at radius 2 is 2.19 bits per heavy atom. The molecule has 108 valence electrons. The van der Waals surface area contributed by atoms with Gasteiger partial charge in [-0.25, -0.2) is 9.37 Å². The molecule has 1 aromatic carbocycles. The molecule has 1 aliphatic rings. The van der Waals surface area contributed by atoms with Crippen LogP contribution in [0.4, 0.5) is 4.39 Å². The second kappa shape index (κ2) is 4.97. The van der Waals surface area contributed by atoms with E-state index in [4.69, 9.17) is 0 Å². The second-order valence-electron chi connectivity index (χ2n) is 4.73. The topological polar surface area (TPSA) is 104 Å². The Morgan fingerprint density at radius 1 is 1.38 bits per heavy atom. The fourth-order valence-electron chi connectivity index (χ4n) is 2.26. The highest BCUT2D eigenvalue weighted by Gasteiger charge is 2.28. The van der Waals surface area contributed by atoms with E-state index in [-0.39, 0.29) is 24.3 Å². The summed E-state index contributed by atoms with van der Waals surface area (Å²) in [4.78, 5) is 41.6. The van der Waals surface area contributed by atoms with Crippen LogP contribution in [0, 0.1) is 5.82 Å². The summed E-state index contributed by atoms with van der Waals surface area (Å²) >= 11 is 0. The van der Waals surface area contributed by atoms with Crippen molar-refractivity contribution >= 4 is 28.8 Å². The van der Waals surface area contributed by atoms with Gasteiger partial charge in [0.2, 0.25) is 11.8 Å². The van der Waals surface area contributed by atoms with E-state index >= 15 is 0 Å². The SMILES string of the molecule is O=C1CCC(NC(=O)c2cc(F)cc3[nH]cnc23)C(=O)N1. The number of hydrogen-bond acceptors (Lipinski definition) is 4. The Morgan fingerprint density at radius 3 is 2.95 bits per heavy atom. The molecule has 1 unspecified atom stereocenters. The molecular formula is C13H11FN4O3. The number of aromatic amines is 1. The first kappa shape index (κ1) is 13.2. The van der Waals surface area contributed by atoms with Gasteiger partial charge in [0.1, 0.15) is 17.4 Å². The first-order chi connectivity index (χ1) is 10.0. The highest BCUT2D eigenvalue weighted by Crippen LogP contribution is 2.17. The number of halogens is 1. The predicted octanol–water partition coefficient (Wildman–Crippen LogP) is 0.237. The smallest absolute Gasteiger partial charge is 0.254 e. The van der Waals surface area contributed by atoms with Crippen LogP contribution in [0.25, 0.3) is 11.0 Å². The van der Waals surface area contributed by atoms with Crippen molar-refractivity contribution in [3.63, 3.8) is 0 Å². The Hall–Kier alpha value is -2.77. The van der Waals surface area contributed by atoms with Crippen molar-refractivity contribution in [3.05, 3.63) is 29.8 Å². The maximum atomic E-state index is 13.5. The van der Waals surface area contributed by atoms with Crippen LogP contribution in [0.2, 0.25) is 0 Å². The first-order valence-electron chi connectivity index (χ1n) is 6.32. The van der Waals surface area contributed by atoms with Crippen LogP contribution in [0.3, 0.4) is 0 Å². The van der Waals surface area contributed by atoms with Gasteiger partial charge in [0, 0.05) is 6.42 Å². The number of piperidine rings is 1. The molecular weight excluding hydrogens is 279 g/mol. The summed E-state index contributed by atoms with van der Waals surface area (Å²) in [5.74, 6) is -2.12. The first-order valence-corrected chi connectivity index (χ1v) is 6.32. The molecule has 1 atom stereocenters. The van der Waals surface area contributed by atoms with E-state index in [2.05, 4.69) is 20.6 Å². The van der Waals surface area contributed by atoms with Crippen molar-refractivity contribution in [1.29, 1.82) is 0 Å². The number of imide groups is 1. The molecule has 3 amide bonds. The summed E-state index contributed by atoms with van der Waals surface area (Å²) in [6.07, 6.45) is 1.72. The maximum absolute atomic E-state index is 13.5. The van der Waals surface area contributed by atoms with E-state index < -0.39 is 23.7 Å². The van der Waals surface area contributed by atoms with Gasteiger partial charge in [-0.3, -0.25) is 19.7 Å². The molecule has 0 spiro atoms. The molecule has 21 heavy (non-hydrogen) atoms. The molecule has 0 saturated carbocycles. The Bertz CT molecular complexity index is 755. The predicted molar refractivity (Wildman–Crippen MR) is 69.7 cm³/mol. The van der Waals surface area contributed by atoms with Gasteiger partial charge in [0.25, 0.3) is 5.91 Å². The number of amides is 3. The molecule has 3 N–H and O–H groups in total. The summed E-state index contributed by atoms with van der Waals surface area (Å²) < 4.78 is 13.5. The van der Waals surface area contributed by atoms with Crippen LogP contribution in [-0.4, -0.2) is 33.7 Å². The number of benzene rings is 1.